The molecule has 5 N–H and O–H groups in total. The fraction of sp³-hybridized carbons (Fsp3) is 0.200. The van der Waals surface area contributed by atoms with Crippen molar-refractivity contribution in [2.75, 3.05) is 11.9 Å². The van der Waals surface area contributed by atoms with Crippen molar-refractivity contribution in [3.8, 4) is 5.75 Å². The highest BCUT2D eigenvalue weighted by Crippen LogP contribution is 2.13. The van der Waals surface area contributed by atoms with Crippen LogP contribution in [0.2, 0.25) is 0 Å². The van der Waals surface area contributed by atoms with E-state index in [1.54, 1.807) is 42.7 Å². The summed E-state index contributed by atoms with van der Waals surface area (Å²) in [5, 5.41) is 19.2. The van der Waals surface area contributed by atoms with Crippen LogP contribution in [0.15, 0.2) is 73.1 Å². The molecule has 0 aliphatic rings. The lowest BCUT2D eigenvalue weighted by atomic mass is 10.1. The molecule has 4 aromatic rings. The number of nitrogens with one attached hydrogen (secondary N) is 4. The maximum absolute atomic E-state index is 13.0. The Morgan fingerprint density at radius 3 is 2.65 bits per heavy atom. The minimum Gasteiger partial charge on any atom is -0.508 e. The molecule has 2 aromatic carbocycles. The summed E-state index contributed by atoms with van der Waals surface area (Å²) in [5.41, 5.74) is 1.78. The van der Waals surface area contributed by atoms with E-state index in [0.29, 0.717) is 37.4 Å². The summed E-state index contributed by atoms with van der Waals surface area (Å²) >= 11 is 0. The molecule has 4 rings (SSSR count). The molecule has 0 saturated carbocycles. The third-order valence-corrected chi connectivity index (χ3v) is 5.33. The number of imide groups is 1. The fourth-order valence-corrected chi connectivity index (χ4v) is 3.51. The Bertz CT molecular complexity index is 1240. The van der Waals surface area contributed by atoms with Gasteiger partial charge in [0.05, 0.1) is 11.6 Å². The van der Waals surface area contributed by atoms with Crippen LogP contribution in [-0.4, -0.2) is 44.5 Å². The molecule has 0 aliphatic carbocycles. The zero-order valence-electron chi connectivity index (χ0n) is 18.5. The van der Waals surface area contributed by atoms with E-state index in [9.17, 15) is 14.7 Å². The van der Waals surface area contributed by atoms with Gasteiger partial charge in [0.1, 0.15) is 11.4 Å². The van der Waals surface area contributed by atoms with Crippen LogP contribution in [0.3, 0.4) is 0 Å². The first-order valence-electron chi connectivity index (χ1n) is 11.0. The Morgan fingerprint density at radius 2 is 1.85 bits per heavy atom. The second kappa shape index (κ2) is 11.1. The minimum absolute atomic E-state index is 0.176. The molecule has 0 aliphatic heterocycles. The molecule has 2 amide bonds. The molecule has 0 fully saturated rings. The SMILES string of the molecule is O=C(NC(=O)[C@H](CCCNc1ncc[nH]1)NCc1ccc(O)cc1)c1ccc2ccccc2n1. The third-order valence-electron chi connectivity index (χ3n) is 5.33. The van der Waals surface area contributed by atoms with Crippen LogP contribution < -0.4 is 16.0 Å². The lowest BCUT2D eigenvalue weighted by molar-refractivity contribution is -0.122. The Morgan fingerprint density at radius 1 is 1.03 bits per heavy atom. The number of anilines is 1. The molecule has 0 spiro atoms. The highest BCUT2D eigenvalue weighted by atomic mass is 16.3. The smallest absolute Gasteiger partial charge is 0.276 e. The van der Waals surface area contributed by atoms with E-state index in [4.69, 9.17) is 0 Å². The average Bonchev–Trinajstić information content (AvgIpc) is 3.38. The molecule has 0 radical (unpaired) electrons. The van der Waals surface area contributed by atoms with E-state index in [-0.39, 0.29) is 11.4 Å². The molecule has 1 atom stereocenters. The molecular formula is C25H26N6O3. The molecule has 174 valence electrons. The summed E-state index contributed by atoms with van der Waals surface area (Å²) in [6.07, 6.45) is 4.55. The second-order valence-corrected chi connectivity index (χ2v) is 7.81. The molecule has 0 bridgehead atoms. The maximum Gasteiger partial charge on any atom is 0.276 e. The van der Waals surface area contributed by atoms with Gasteiger partial charge in [-0.2, -0.15) is 0 Å². The average molecular weight is 459 g/mol. The minimum atomic E-state index is -0.600. The first kappa shape index (κ1) is 22.9. The van der Waals surface area contributed by atoms with Crippen LogP contribution in [0.4, 0.5) is 5.95 Å². The number of H-pyrrole nitrogens is 1. The van der Waals surface area contributed by atoms with E-state index >= 15 is 0 Å². The monoisotopic (exact) mass is 458 g/mol. The van der Waals surface area contributed by atoms with Gasteiger partial charge in [-0.1, -0.05) is 36.4 Å². The first-order chi connectivity index (χ1) is 16.6. The highest BCUT2D eigenvalue weighted by Gasteiger charge is 2.21. The number of carbonyl (C=O) groups excluding carboxylic acids is 2. The summed E-state index contributed by atoms with van der Waals surface area (Å²) in [7, 11) is 0. The van der Waals surface area contributed by atoms with Gasteiger partial charge < -0.3 is 20.7 Å². The van der Waals surface area contributed by atoms with E-state index in [1.807, 2.05) is 30.3 Å². The van der Waals surface area contributed by atoms with Gasteiger partial charge >= 0.3 is 0 Å². The van der Waals surface area contributed by atoms with Crippen molar-refractivity contribution in [2.45, 2.75) is 25.4 Å². The summed E-state index contributed by atoms with van der Waals surface area (Å²) in [6.45, 7) is 1.02. The predicted molar refractivity (Wildman–Crippen MR) is 129 cm³/mol. The van der Waals surface area contributed by atoms with Gasteiger partial charge in [0.15, 0.2) is 5.95 Å². The van der Waals surface area contributed by atoms with E-state index in [2.05, 4.69) is 30.9 Å². The number of hydrogen-bond acceptors (Lipinski definition) is 7. The van der Waals surface area contributed by atoms with Gasteiger partial charge in [0.25, 0.3) is 5.91 Å². The predicted octanol–water partition coefficient (Wildman–Crippen LogP) is 2.97. The molecular weight excluding hydrogens is 432 g/mol. The fourth-order valence-electron chi connectivity index (χ4n) is 3.51. The summed E-state index contributed by atoms with van der Waals surface area (Å²) in [4.78, 5) is 37.2. The molecule has 2 heterocycles. The zero-order chi connectivity index (χ0) is 23.8. The Hall–Kier alpha value is -4.24. The number of phenolic OH excluding ortho intramolecular Hbond substituents is 1. The topological polar surface area (TPSA) is 132 Å². The van der Waals surface area contributed by atoms with Crippen LogP contribution in [0.5, 0.6) is 5.75 Å². The van der Waals surface area contributed by atoms with Gasteiger partial charge in [-0.15, -0.1) is 0 Å². The van der Waals surface area contributed by atoms with Crippen molar-refractivity contribution < 1.29 is 14.7 Å². The zero-order valence-corrected chi connectivity index (χ0v) is 18.5. The van der Waals surface area contributed by atoms with Gasteiger partial charge in [-0.3, -0.25) is 14.9 Å². The van der Waals surface area contributed by atoms with Crippen molar-refractivity contribution >= 4 is 28.7 Å². The number of rotatable bonds is 10. The van der Waals surface area contributed by atoms with Crippen molar-refractivity contribution in [1.29, 1.82) is 0 Å². The highest BCUT2D eigenvalue weighted by molar-refractivity contribution is 6.05. The summed E-state index contributed by atoms with van der Waals surface area (Å²) in [5.74, 6) is -0.122. The number of aromatic hydroxyl groups is 1. The van der Waals surface area contributed by atoms with Crippen LogP contribution >= 0.6 is 0 Å². The van der Waals surface area contributed by atoms with Gasteiger partial charge in [0, 0.05) is 30.9 Å². The Labute approximate surface area is 196 Å². The van der Waals surface area contributed by atoms with Crippen LogP contribution in [0.1, 0.15) is 28.9 Å². The molecule has 34 heavy (non-hydrogen) atoms. The number of hydrogen-bond donors (Lipinski definition) is 5. The van der Waals surface area contributed by atoms with E-state index in [1.165, 1.54) is 0 Å². The summed E-state index contributed by atoms with van der Waals surface area (Å²) < 4.78 is 0. The van der Waals surface area contributed by atoms with Crippen molar-refractivity contribution in [3.63, 3.8) is 0 Å². The summed E-state index contributed by atoms with van der Waals surface area (Å²) in [6, 6.07) is 17.0. The molecule has 0 unspecified atom stereocenters. The Kier molecular flexibility index (Phi) is 7.46. The largest absolute Gasteiger partial charge is 0.508 e. The number of nitrogens with zero attached hydrogens (tertiary/aromatic N) is 2. The van der Waals surface area contributed by atoms with Gasteiger partial charge in [0.2, 0.25) is 5.91 Å². The maximum atomic E-state index is 13.0. The molecule has 2 aromatic heterocycles. The molecule has 9 nitrogen and oxygen atoms in total. The third kappa shape index (κ3) is 6.17. The number of fused-ring (bicyclic) bond motifs is 1. The van der Waals surface area contributed by atoms with Crippen molar-refractivity contribution in [3.05, 3.63) is 84.3 Å². The van der Waals surface area contributed by atoms with Crippen molar-refractivity contribution in [1.82, 2.24) is 25.6 Å². The lowest BCUT2D eigenvalue weighted by Gasteiger charge is -2.18. The number of phenols is 1. The van der Waals surface area contributed by atoms with Crippen LogP contribution in [-0.2, 0) is 11.3 Å². The van der Waals surface area contributed by atoms with Crippen LogP contribution in [0, 0.1) is 0 Å². The molecule has 0 saturated heterocycles. The van der Waals surface area contributed by atoms with Crippen molar-refractivity contribution in [2.24, 2.45) is 0 Å². The number of para-hydroxylation sites is 1. The number of imidazole rings is 1. The second-order valence-electron chi connectivity index (χ2n) is 7.81. The normalized spacial score (nSPS) is 11.8. The number of pyridine rings is 1. The number of aromatic nitrogens is 3. The quantitative estimate of drug-likeness (QED) is 0.231. The number of carbonyl (C=O) groups is 2. The number of benzene rings is 2. The number of amides is 2. The standard InChI is InChI=1S/C25H26N6O3/c32-19-10-7-17(8-11-19)16-29-21(6-3-13-26-25-27-14-15-28-25)23(33)31-24(34)22-12-9-18-4-1-2-5-20(18)30-22/h1-2,4-5,7-12,14-15,21,29,32H,3,6,13,16H2,(H2,26,27,28)(H,31,33,34)/t21-/m0/s1. The molecule has 9 heteroatoms. The van der Waals surface area contributed by atoms with E-state index < -0.39 is 17.9 Å². The number of aromatic amines is 1. The lowest BCUT2D eigenvalue weighted by Crippen LogP contribution is -2.46. The Balaban J connectivity index is 1.38. The van der Waals surface area contributed by atoms with Gasteiger partial charge in [-0.25, -0.2) is 9.97 Å². The van der Waals surface area contributed by atoms with Crippen LogP contribution in [0.25, 0.3) is 10.9 Å². The van der Waals surface area contributed by atoms with E-state index in [0.717, 1.165) is 10.9 Å². The van der Waals surface area contributed by atoms with Gasteiger partial charge in [-0.05, 0) is 42.7 Å². The first-order valence-corrected chi connectivity index (χ1v) is 11.0.